The minimum atomic E-state index is -0.0442. The first kappa shape index (κ1) is 13.8. The first-order chi connectivity index (χ1) is 8.63. The Labute approximate surface area is 120 Å². The highest BCUT2D eigenvalue weighted by Crippen LogP contribution is 2.32. The Morgan fingerprint density at radius 2 is 2.11 bits per heavy atom. The molecule has 0 N–H and O–H groups in total. The summed E-state index contributed by atoms with van der Waals surface area (Å²) >= 11 is 5.14. The lowest BCUT2D eigenvalue weighted by Crippen LogP contribution is -2.11. The molecule has 0 spiro atoms. The normalized spacial score (nSPS) is 14.6. The molecule has 1 aromatic carbocycles. The number of thioether (sulfide) groups is 1. The van der Waals surface area contributed by atoms with Crippen LogP contribution in [-0.4, -0.2) is 17.8 Å². The molecule has 0 radical (unpaired) electrons. The van der Waals surface area contributed by atoms with Gasteiger partial charge < -0.3 is 0 Å². The molecule has 0 heterocycles. The maximum Gasteiger partial charge on any atom is 0.170 e. The third-order valence-electron chi connectivity index (χ3n) is 3.08. The van der Waals surface area contributed by atoms with Crippen LogP contribution in [0.25, 0.3) is 0 Å². The predicted octanol–water partition coefficient (Wildman–Crippen LogP) is 3.86. The average molecular weight is 327 g/mol. The summed E-state index contributed by atoms with van der Waals surface area (Å²) in [5.74, 6) is 0.998. The van der Waals surface area contributed by atoms with Crippen LogP contribution in [0.5, 0.6) is 0 Å². The average Bonchev–Trinajstić information content (AvgIpc) is 3.15. The van der Waals surface area contributed by atoms with E-state index in [9.17, 15) is 9.59 Å². The summed E-state index contributed by atoms with van der Waals surface area (Å²) in [6, 6.07) is 5.60. The van der Waals surface area contributed by atoms with Gasteiger partial charge in [0, 0.05) is 21.7 Å². The van der Waals surface area contributed by atoms with Gasteiger partial charge in [0.1, 0.15) is 5.78 Å². The second-order valence-corrected chi connectivity index (χ2v) is 6.26. The molecule has 0 unspecified atom stereocenters. The maximum absolute atomic E-state index is 12.2. The lowest BCUT2D eigenvalue weighted by atomic mass is 10.00. The molecule has 0 saturated heterocycles. The molecule has 2 nitrogen and oxygen atoms in total. The van der Waals surface area contributed by atoms with Crippen molar-refractivity contribution in [1.82, 2.24) is 0 Å². The minimum absolute atomic E-state index is 0.0442. The van der Waals surface area contributed by atoms with E-state index in [-0.39, 0.29) is 23.9 Å². The van der Waals surface area contributed by atoms with E-state index in [1.54, 1.807) is 11.8 Å². The Bertz CT molecular complexity index is 481. The molecular weight excluding hydrogens is 312 g/mol. The van der Waals surface area contributed by atoms with Gasteiger partial charge in [-0.2, -0.15) is 11.8 Å². The fourth-order valence-electron chi connectivity index (χ4n) is 1.91. The SMILES string of the molecule is CSCc1c(Br)cccc1C(=O)CC(=O)C1CC1. The summed E-state index contributed by atoms with van der Waals surface area (Å²) in [6.07, 6.45) is 3.98. The van der Waals surface area contributed by atoms with Gasteiger partial charge in [0.2, 0.25) is 0 Å². The van der Waals surface area contributed by atoms with Gasteiger partial charge in [-0.25, -0.2) is 0 Å². The van der Waals surface area contributed by atoms with E-state index in [1.807, 2.05) is 24.5 Å². The standard InChI is InChI=1S/C14H15BrO2S/c1-18-8-11-10(3-2-4-12(11)15)14(17)7-13(16)9-5-6-9/h2-4,9H,5-8H2,1H3. The summed E-state index contributed by atoms with van der Waals surface area (Å²) in [5.41, 5.74) is 1.69. The van der Waals surface area contributed by atoms with Crippen molar-refractivity contribution < 1.29 is 9.59 Å². The van der Waals surface area contributed by atoms with Crippen LogP contribution in [0.2, 0.25) is 0 Å². The van der Waals surface area contributed by atoms with Crippen molar-refractivity contribution in [3.05, 3.63) is 33.8 Å². The fraction of sp³-hybridized carbons (Fsp3) is 0.429. The van der Waals surface area contributed by atoms with Gasteiger partial charge in [0.05, 0.1) is 6.42 Å². The first-order valence-corrected chi connectivity index (χ1v) is 8.14. The number of hydrogen-bond acceptors (Lipinski definition) is 3. The van der Waals surface area contributed by atoms with E-state index in [0.29, 0.717) is 5.56 Å². The van der Waals surface area contributed by atoms with Gasteiger partial charge >= 0.3 is 0 Å². The Kier molecular flexibility index (Phi) is 4.62. The van der Waals surface area contributed by atoms with E-state index in [2.05, 4.69) is 15.9 Å². The Hall–Kier alpha value is -0.610. The summed E-state index contributed by atoms with van der Waals surface area (Å²) in [7, 11) is 0. The molecule has 0 atom stereocenters. The highest BCUT2D eigenvalue weighted by molar-refractivity contribution is 9.10. The van der Waals surface area contributed by atoms with Gasteiger partial charge in [-0.05, 0) is 30.7 Å². The number of hydrogen-bond donors (Lipinski definition) is 0. The molecule has 0 amide bonds. The van der Waals surface area contributed by atoms with Crippen LogP contribution in [0.4, 0.5) is 0 Å². The van der Waals surface area contributed by atoms with E-state index in [1.165, 1.54) is 0 Å². The fourth-order valence-corrected chi connectivity index (χ4v) is 3.21. The molecule has 2 rings (SSSR count). The summed E-state index contributed by atoms with van der Waals surface area (Å²) in [5, 5.41) is 0. The molecular formula is C14H15BrO2S. The number of rotatable bonds is 6. The number of carbonyl (C=O) groups is 2. The van der Waals surface area contributed by atoms with Crippen molar-refractivity contribution in [2.75, 3.05) is 6.26 Å². The van der Waals surface area contributed by atoms with Crippen LogP contribution < -0.4 is 0 Å². The van der Waals surface area contributed by atoms with Crippen molar-refractivity contribution in [3.8, 4) is 0 Å². The smallest absolute Gasteiger partial charge is 0.170 e. The Balaban J connectivity index is 2.17. The van der Waals surface area contributed by atoms with Crippen LogP contribution in [0.15, 0.2) is 22.7 Å². The molecule has 1 aliphatic rings. The van der Waals surface area contributed by atoms with Crippen molar-refractivity contribution in [1.29, 1.82) is 0 Å². The topological polar surface area (TPSA) is 34.1 Å². The molecule has 0 aliphatic heterocycles. The Morgan fingerprint density at radius 3 is 2.72 bits per heavy atom. The largest absolute Gasteiger partial charge is 0.299 e. The Morgan fingerprint density at radius 1 is 1.39 bits per heavy atom. The third-order valence-corrected chi connectivity index (χ3v) is 4.40. The van der Waals surface area contributed by atoms with E-state index < -0.39 is 0 Å². The monoisotopic (exact) mass is 326 g/mol. The summed E-state index contributed by atoms with van der Waals surface area (Å²) < 4.78 is 0.946. The van der Waals surface area contributed by atoms with E-state index in [4.69, 9.17) is 0 Å². The van der Waals surface area contributed by atoms with Crippen molar-refractivity contribution in [2.45, 2.75) is 25.0 Å². The van der Waals surface area contributed by atoms with Gasteiger partial charge in [0.15, 0.2) is 5.78 Å². The number of benzene rings is 1. The molecule has 1 aromatic rings. The number of carbonyl (C=O) groups excluding carboxylic acids is 2. The highest BCUT2D eigenvalue weighted by Gasteiger charge is 2.31. The van der Waals surface area contributed by atoms with Crippen molar-refractivity contribution >= 4 is 39.3 Å². The summed E-state index contributed by atoms with van der Waals surface area (Å²) in [4.78, 5) is 23.9. The highest BCUT2D eigenvalue weighted by atomic mass is 79.9. The third kappa shape index (κ3) is 3.23. The van der Waals surface area contributed by atoms with Crippen LogP contribution in [0.1, 0.15) is 35.2 Å². The molecule has 1 fully saturated rings. The molecule has 0 aromatic heterocycles. The van der Waals surface area contributed by atoms with Gasteiger partial charge in [-0.15, -0.1) is 0 Å². The summed E-state index contributed by atoms with van der Waals surface area (Å²) in [6.45, 7) is 0. The van der Waals surface area contributed by atoms with Crippen LogP contribution in [0, 0.1) is 5.92 Å². The number of Topliss-reactive ketones (excluding diaryl/α,β-unsaturated/α-hetero) is 2. The quantitative estimate of drug-likeness (QED) is 0.588. The zero-order valence-electron chi connectivity index (χ0n) is 10.2. The molecule has 96 valence electrons. The van der Waals surface area contributed by atoms with Crippen LogP contribution in [0.3, 0.4) is 0 Å². The number of halogens is 1. The maximum atomic E-state index is 12.2. The second kappa shape index (κ2) is 6.02. The van der Waals surface area contributed by atoms with E-state index >= 15 is 0 Å². The van der Waals surface area contributed by atoms with Crippen LogP contribution >= 0.6 is 27.7 Å². The molecule has 4 heteroatoms. The van der Waals surface area contributed by atoms with Gasteiger partial charge in [-0.3, -0.25) is 9.59 Å². The van der Waals surface area contributed by atoms with E-state index in [0.717, 1.165) is 28.6 Å². The van der Waals surface area contributed by atoms with Crippen molar-refractivity contribution in [3.63, 3.8) is 0 Å². The lowest BCUT2D eigenvalue weighted by Gasteiger charge is -2.09. The first-order valence-electron chi connectivity index (χ1n) is 5.95. The predicted molar refractivity (Wildman–Crippen MR) is 78.0 cm³/mol. The zero-order chi connectivity index (χ0) is 13.1. The molecule has 1 saturated carbocycles. The number of ketones is 2. The van der Waals surface area contributed by atoms with Crippen LogP contribution in [-0.2, 0) is 10.5 Å². The van der Waals surface area contributed by atoms with Gasteiger partial charge in [-0.1, -0.05) is 28.1 Å². The van der Waals surface area contributed by atoms with Gasteiger partial charge in [0.25, 0.3) is 0 Å². The second-order valence-electron chi connectivity index (χ2n) is 4.54. The molecule has 18 heavy (non-hydrogen) atoms. The minimum Gasteiger partial charge on any atom is -0.299 e. The molecule has 0 bridgehead atoms. The molecule has 1 aliphatic carbocycles. The van der Waals surface area contributed by atoms with Crippen molar-refractivity contribution in [2.24, 2.45) is 5.92 Å². The lowest BCUT2D eigenvalue weighted by molar-refractivity contribution is -0.119. The zero-order valence-corrected chi connectivity index (χ0v) is 12.6.